The lowest BCUT2D eigenvalue weighted by Gasteiger charge is -2.51. The first-order chi connectivity index (χ1) is 14.9. The van der Waals surface area contributed by atoms with Gasteiger partial charge in [0.1, 0.15) is 5.60 Å². The van der Waals surface area contributed by atoms with Crippen LogP contribution >= 0.6 is 11.8 Å². The summed E-state index contributed by atoms with van der Waals surface area (Å²) in [6, 6.07) is 17.1. The highest BCUT2D eigenvalue weighted by Crippen LogP contribution is 2.53. The first-order valence-corrected chi connectivity index (χ1v) is 12.4. The van der Waals surface area contributed by atoms with Crippen LogP contribution in [0.15, 0.2) is 53.4 Å². The minimum Gasteiger partial charge on any atom is -0.385 e. The van der Waals surface area contributed by atoms with Crippen molar-refractivity contribution in [1.82, 2.24) is 9.88 Å². The number of aromatic nitrogens is 1. The summed E-state index contributed by atoms with van der Waals surface area (Å²) in [5.41, 5.74) is 3.66. The minimum absolute atomic E-state index is 0.0775. The van der Waals surface area contributed by atoms with E-state index >= 15 is 0 Å². The Hall–Kier alpha value is -1.79. The third kappa shape index (κ3) is 3.52. The van der Waals surface area contributed by atoms with E-state index in [1.165, 1.54) is 27.1 Å². The SMILES string of the molecule is CSc1ccc(C2(O)CCC3(CC2CN(C)C)OCCc2c3[nH]c3ccccc23)cc1. The van der Waals surface area contributed by atoms with Gasteiger partial charge in [-0.15, -0.1) is 11.8 Å². The highest BCUT2D eigenvalue weighted by molar-refractivity contribution is 7.98. The Kier molecular flexibility index (Phi) is 5.41. The van der Waals surface area contributed by atoms with Gasteiger partial charge >= 0.3 is 0 Å². The van der Waals surface area contributed by atoms with E-state index in [0.717, 1.165) is 38.0 Å². The van der Waals surface area contributed by atoms with Crippen LogP contribution < -0.4 is 0 Å². The number of aliphatic hydroxyl groups is 1. The predicted molar refractivity (Wildman–Crippen MR) is 128 cm³/mol. The Morgan fingerprint density at radius 3 is 2.65 bits per heavy atom. The average molecular weight is 437 g/mol. The molecule has 3 atom stereocenters. The van der Waals surface area contributed by atoms with E-state index in [1.807, 2.05) is 0 Å². The summed E-state index contributed by atoms with van der Waals surface area (Å²) in [5, 5.41) is 13.3. The van der Waals surface area contributed by atoms with E-state index in [-0.39, 0.29) is 11.5 Å². The molecule has 2 aliphatic rings. The smallest absolute Gasteiger partial charge is 0.109 e. The second kappa shape index (κ2) is 7.96. The maximum Gasteiger partial charge on any atom is 0.109 e. The number of hydrogen-bond acceptors (Lipinski definition) is 4. The lowest BCUT2D eigenvalue weighted by molar-refractivity contribution is -0.166. The number of aromatic amines is 1. The second-order valence-electron chi connectivity index (χ2n) is 9.43. The Bertz CT molecular complexity index is 1080. The molecule has 2 N–H and O–H groups in total. The van der Waals surface area contributed by atoms with Gasteiger partial charge in [0.2, 0.25) is 0 Å². The predicted octanol–water partition coefficient (Wildman–Crippen LogP) is 4.91. The highest BCUT2D eigenvalue weighted by atomic mass is 32.2. The Labute approximate surface area is 189 Å². The lowest BCUT2D eigenvalue weighted by Crippen LogP contribution is -2.52. The molecule has 1 fully saturated rings. The molecule has 0 amide bonds. The third-order valence-corrected chi connectivity index (χ3v) is 8.08. The van der Waals surface area contributed by atoms with Crippen molar-refractivity contribution in [2.75, 3.05) is 33.5 Å². The van der Waals surface area contributed by atoms with Crippen LogP contribution in [-0.4, -0.2) is 48.5 Å². The largest absolute Gasteiger partial charge is 0.385 e. The molecule has 1 spiro atoms. The van der Waals surface area contributed by atoms with Crippen molar-refractivity contribution < 1.29 is 9.84 Å². The van der Waals surface area contributed by atoms with Crippen molar-refractivity contribution >= 4 is 22.7 Å². The number of para-hydroxylation sites is 1. The van der Waals surface area contributed by atoms with Crippen LogP contribution in [0.5, 0.6) is 0 Å². The van der Waals surface area contributed by atoms with E-state index in [0.29, 0.717) is 6.42 Å². The number of nitrogens with zero attached hydrogens (tertiary/aromatic N) is 1. The zero-order valence-corrected chi connectivity index (χ0v) is 19.5. The van der Waals surface area contributed by atoms with Crippen LogP contribution in [0.3, 0.4) is 0 Å². The fraction of sp³-hybridized carbons (Fsp3) is 0.462. The molecular weight excluding hydrogens is 404 g/mol. The number of thioether (sulfide) groups is 1. The molecule has 1 aliphatic carbocycles. The van der Waals surface area contributed by atoms with Crippen LogP contribution in [0.1, 0.15) is 36.1 Å². The quantitative estimate of drug-likeness (QED) is 0.571. The highest BCUT2D eigenvalue weighted by Gasteiger charge is 2.53. The molecule has 5 rings (SSSR count). The number of H-pyrrole nitrogens is 1. The number of nitrogens with one attached hydrogen (secondary N) is 1. The summed E-state index contributed by atoms with van der Waals surface area (Å²) in [5.74, 6) is 0.0775. The molecule has 3 aromatic rings. The molecule has 2 aromatic carbocycles. The number of benzene rings is 2. The lowest BCUT2D eigenvalue weighted by atomic mass is 9.64. The van der Waals surface area contributed by atoms with Gasteiger partial charge in [0, 0.05) is 28.3 Å². The van der Waals surface area contributed by atoms with E-state index in [1.54, 1.807) is 11.8 Å². The number of hydrogen-bond donors (Lipinski definition) is 2. The molecule has 1 saturated carbocycles. The number of ether oxygens (including phenoxy) is 1. The first-order valence-electron chi connectivity index (χ1n) is 11.2. The zero-order valence-electron chi connectivity index (χ0n) is 18.6. The van der Waals surface area contributed by atoms with Crippen molar-refractivity contribution in [1.29, 1.82) is 0 Å². The normalized spacial score (nSPS) is 28.4. The van der Waals surface area contributed by atoms with Crippen LogP contribution in [0.2, 0.25) is 0 Å². The molecule has 0 bridgehead atoms. The van der Waals surface area contributed by atoms with Gasteiger partial charge < -0.3 is 19.7 Å². The summed E-state index contributed by atoms with van der Waals surface area (Å²) in [7, 11) is 4.18. The maximum atomic E-state index is 12.0. The van der Waals surface area contributed by atoms with Crippen molar-refractivity contribution in [3.05, 3.63) is 65.4 Å². The van der Waals surface area contributed by atoms with Crippen molar-refractivity contribution in [3.8, 4) is 0 Å². The molecule has 1 aliphatic heterocycles. The van der Waals surface area contributed by atoms with Gasteiger partial charge in [0.15, 0.2) is 0 Å². The Morgan fingerprint density at radius 1 is 1.13 bits per heavy atom. The van der Waals surface area contributed by atoms with E-state index in [4.69, 9.17) is 4.74 Å². The first kappa shape index (κ1) is 21.1. The molecule has 164 valence electrons. The Balaban J connectivity index is 1.55. The monoisotopic (exact) mass is 436 g/mol. The minimum atomic E-state index is -0.848. The molecule has 0 radical (unpaired) electrons. The third-order valence-electron chi connectivity index (χ3n) is 7.34. The molecule has 1 aromatic heterocycles. The van der Waals surface area contributed by atoms with Crippen LogP contribution in [0.25, 0.3) is 10.9 Å². The van der Waals surface area contributed by atoms with Gasteiger partial charge in [-0.25, -0.2) is 0 Å². The van der Waals surface area contributed by atoms with E-state index in [9.17, 15) is 5.11 Å². The molecule has 3 unspecified atom stereocenters. The molecule has 5 heteroatoms. The summed E-state index contributed by atoms with van der Waals surface area (Å²) in [6.45, 7) is 1.56. The summed E-state index contributed by atoms with van der Waals surface area (Å²) < 4.78 is 6.58. The van der Waals surface area contributed by atoms with Crippen LogP contribution in [0, 0.1) is 5.92 Å². The molecular formula is C26H32N2O2S. The van der Waals surface area contributed by atoms with Crippen molar-refractivity contribution in [3.63, 3.8) is 0 Å². The van der Waals surface area contributed by atoms with Gasteiger partial charge in [0.25, 0.3) is 0 Å². The fourth-order valence-electron chi connectivity index (χ4n) is 5.81. The molecule has 4 nitrogen and oxygen atoms in total. The van der Waals surface area contributed by atoms with Gasteiger partial charge in [-0.05, 0) is 75.4 Å². The average Bonchev–Trinajstić information content (AvgIpc) is 3.17. The van der Waals surface area contributed by atoms with Crippen molar-refractivity contribution in [2.24, 2.45) is 5.92 Å². The maximum absolute atomic E-state index is 12.0. The summed E-state index contributed by atoms with van der Waals surface area (Å²) in [4.78, 5) is 7.13. The zero-order chi connectivity index (χ0) is 21.6. The van der Waals surface area contributed by atoms with Crippen molar-refractivity contribution in [2.45, 2.75) is 41.8 Å². The van der Waals surface area contributed by atoms with Gasteiger partial charge in [-0.1, -0.05) is 30.3 Å². The van der Waals surface area contributed by atoms with Gasteiger partial charge in [0.05, 0.1) is 17.9 Å². The molecule has 0 saturated heterocycles. The van der Waals surface area contributed by atoms with Gasteiger partial charge in [-0.3, -0.25) is 0 Å². The molecule has 2 heterocycles. The standard InChI is InChI=1S/C26H32N2O2S/c1-28(2)17-19-16-25(13-14-26(19,29)18-8-10-20(31-3)11-9-18)24-22(12-15-30-25)21-6-4-5-7-23(21)27-24/h4-11,19,27,29H,12-17H2,1-3H3. The van der Waals surface area contributed by atoms with E-state index < -0.39 is 5.60 Å². The van der Waals surface area contributed by atoms with E-state index in [2.05, 4.69) is 78.8 Å². The summed E-state index contributed by atoms with van der Waals surface area (Å²) >= 11 is 1.73. The number of fused-ring (bicyclic) bond motifs is 4. The Morgan fingerprint density at radius 2 is 1.90 bits per heavy atom. The number of rotatable bonds is 4. The van der Waals surface area contributed by atoms with Gasteiger partial charge in [-0.2, -0.15) is 0 Å². The second-order valence-corrected chi connectivity index (χ2v) is 10.3. The molecule has 31 heavy (non-hydrogen) atoms. The fourth-order valence-corrected chi connectivity index (χ4v) is 6.22. The van der Waals surface area contributed by atoms with Crippen LogP contribution in [0.4, 0.5) is 0 Å². The topological polar surface area (TPSA) is 48.5 Å². The van der Waals surface area contributed by atoms with Crippen LogP contribution in [-0.2, 0) is 22.4 Å². The summed E-state index contributed by atoms with van der Waals surface area (Å²) in [6.07, 6.45) is 5.35.